The first-order chi connectivity index (χ1) is 23.0. The zero-order chi connectivity index (χ0) is 34.4. The van der Waals surface area contributed by atoms with Crippen molar-refractivity contribution in [3.8, 4) is 0 Å². The molecule has 4 aromatic carbocycles. The van der Waals surface area contributed by atoms with E-state index < -0.39 is 59.9 Å². The fourth-order valence-corrected chi connectivity index (χ4v) is 7.18. The molecule has 0 saturated carbocycles. The molecule has 0 bridgehead atoms. The lowest BCUT2D eigenvalue weighted by atomic mass is 9.99. The molecule has 1 aliphatic heterocycles. The molecular weight excluding hydrogens is 952 g/mol. The predicted molar refractivity (Wildman–Crippen MR) is 192 cm³/mol. The van der Waals surface area contributed by atoms with Gasteiger partial charge in [-0.3, -0.25) is 0 Å². The highest BCUT2D eigenvalue weighted by molar-refractivity contribution is 9.11. The highest BCUT2D eigenvalue weighted by Gasteiger charge is 2.52. The van der Waals surface area contributed by atoms with Gasteiger partial charge in [-0.1, -0.05) is 64.5 Å². The summed E-state index contributed by atoms with van der Waals surface area (Å²) < 4.78 is 31.6. The Balaban J connectivity index is 1.53. The molecule has 248 valence electrons. The van der Waals surface area contributed by atoms with E-state index in [1.54, 1.807) is 91.0 Å². The molecule has 0 spiro atoms. The van der Waals surface area contributed by atoms with Crippen molar-refractivity contribution >= 4 is 104 Å². The molecule has 5 atom stereocenters. The third kappa shape index (κ3) is 8.64. The van der Waals surface area contributed by atoms with Gasteiger partial charge in [0, 0.05) is 17.9 Å². The van der Waals surface area contributed by atoms with Crippen molar-refractivity contribution in [2.24, 2.45) is 0 Å². The normalized spacial score (nSPS) is 20.3. The maximum atomic E-state index is 13.7. The molecule has 0 unspecified atom stereocenters. The highest BCUT2D eigenvalue weighted by atomic mass is 79.9. The van der Waals surface area contributed by atoms with Crippen molar-refractivity contribution < 1.29 is 42.9 Å². The number of hydrogen-bond acceptors (Lipinski definition) is 9. The van der Waals surface area contributed by atoms with Crippen LogP contribution in [-0.4, -0.2) is 59.9 Å². The van der Waals surface area contributed by atoms with E-state index in [1.807, 2.05) is 0 Å². The zero-order valence-electron chi connectivity index (χ0n) is 24.4. The van der Waals surface area contributed by atoms with Gasteiger partial charge in [0.2, 0.25) is 0 Å². The molecule has 0 radical (unpaired) electrons. The van der Waals surface area contributed by atoms with E-state index in [2.05, 4.69) is 79.6 Å². The smallest absolute Gasteiger partial charge is 0.339 e. The number of esters is 4. The zero-order valence-corrected chi connectivity index (χ0v) is 32.3. The van der Waals surface area contributed by atoms with Crippen LogP contribution >= 0.6 is 79.6 Å². The minimum absolute atomic E-state index is 0.166. The van der Waals surface area contributed by atoms with Crippen LogP contribution in [0.5, 0.6) is 0 Å². The van der Waals surface area contributed by atoms with Gasteiger partial charge in [0.05, 0.1) is 22.3 Å². The first-order valence-electron chi connectivity index (χ1n) is 14.1. The third-order valence-corrected chi connectivity index (χ3v) is 10.6. The minimum atomic E-state index is -1.45. The summed E-state index contributed by atoms with van der Waals surface area (Å²) in [6.07, 6.45) is -5.42. The van der Waals surface area contributed by atoms with Gasteiger partial charge in [-0.2, -0.15) is 0 Å². The van der Waals surface area contributed by atoms with E-state index in [-0.39, 0.29) is 22.3 Å². The molecule has 5 rings (SSSR count). The van der Waals surface area contributed by atoms with Crippen molar-refractivity contribution in [3.63, 3.8) is 0 Å². The van der Waals surface area contributed by atoms with E-state index in [1.165, 1.54) is 6.07 Å². The van der Waals surface area contributed by atoms with E-state index in [0.29, 0.717) is 17.9 Å². The standard InChI is InChI=1S/C34H23Br5O9/c35-22-13-5-1-9-18(22)31(40)44-17-26-27(46-32(41)19-10-2-6-14-23(19)36)28(47-33(42)20-11-3-7-15-24(20)37)29(30(39)45-26)48-34(43)21-12-4-8-16-25(21)38/h1-16,26-30H,17H2/t26-,27-,28+,29-,30+/m1/s1. The van der Waals surface area contributed by atoms with Crippen LogP contribution in [0.25, 0.3) is 0 Å². The van der Waals surface area contributed by atoms with Gasteiger partial charge < -0.3 is 23.7 Å². The van der Waals surface area contributed by atoms with Gasteiger partial charge in [0.15, 0.2) is 23.3 Å². The SMILES string of the molecule is O=C(OC[C@H]1O[C@H](Br)[C@H](OC(=O)c2ccccc2Br)[C@@H](OC(=O)c2ccccc2Br)[C@@H]1OC(=O)c1ccccc1Br)c1ccccc1Br. The van der Waals surface area contributed by atoms with Gasteiger partial charge in [-0.05, 0) is 112 Å². The molecular formula is C34H23Br5O9. The first-order valence-corrected chi connectivity index (χ1v) is 18.2. The largest absolute Gasteiger partial charge is 0.459 e. The summed E-state index contributed by atoms with van der Waals surface area (Å²) >= 11 is 16.8. The van der Waals surface area contributed by atoms with Crippen LogP contribution in [0.3, 0.4) is 0 Å². The molecule has 0 aromatic heterocycles. The van der Waals surface area contributed by atoms with E-state index in [0.717, 1.165) is 0 Å². The number of alkyl halides is 1. The second kappa shape index (κ2) is 16.7. The number of halogens is 5. The molecule has 1 heterocycles. The van der Waals surface area contributed by atoms with E-state index >= 15 is 0 Å². The van der Waals surface area contributed by atoms with Crippen LogP contribution in [0.2, 0.25) is 0 Å². The van der Waals surface area contributed by atoms with Crippen molar-refractivity contribution in [1.82, 2.24) is 0 Å². The average Bonchev–Trinajstić information content (AvgIpc) is 3.07. The van der Waals surface area contributed by atoms with Crippen LogP contribution in [-0.2, 0) is 23.7 Å². The third-order valence-electron chi connectivity index (χ3n) is 7.06. The van der Waals surface area contributed by atoms with Crippen LogP contribution in [0.4, 0.5) is 0 Å². The van der Waals surface area contributed by atoms with Gasteiger partial charge in [0.25, 0.3) is 0 Å². The number of carbonyl (C=O) groups excluding carboxylic acids is 4. The van der Waals surface area contributed by atoms with Gasteiger partial charge >= 0.3 is 23.9 Å². The van der Waals surface area contributed by atoms with Crippen LogP contribution in [0.1, 0.15) is 41.4 Å². The van der Waals surface area contributed by atoms with E-state index in [4.69, 9.17) is 23.7 Å². The quantitative estimate of drug-likeness (QED) is 0.0924. The maximum absolute atomic E-state index is 13.7. The van der Waals surface area contributed by atoms with Crippen LogP contribution in [0, 0.1) is 0 Å². The second-order valence-electron chi connectivity index (χ2n) is 10.2. The molecule has 14 heteroatoms. The number of ether oxygens (including phenoxy) is 5. The van der Waals surface area contributed by atoms with Crippen molar-refractivity contribution in [2.75, 3.05) is 6.61 Å². The molecule has 0 amide bonds. The average molecular weight is 975 g/mol. The monoisotopic (exact) mass is 970 g/mol. The maximum Gasteiger partial charge on any atom is 0.339 e. The molecule has 4 aromatic rings. The lowest BCUT2D eigenvalue weighted by Gasteiger charge is -2.43. The molecule has 1 saturated heterocycles. The van der Waals surface area contributed by atoms with E-state index in [9.17, 15) is 19.2 Å². The lowest BCUT2D eigenvalue weighted by Crippen LogP contribution is -2.61. The molecule has 0 N–H and O–H groups in total. The van der Waals surface area contributed by atoms with Crippen LogP contribution in [0.15, 0.2) is 115 Å². The Kier molecular flexibility index (Phi) is 12.7. The summed E-state index contributed by atoms with van der Waals surface area (Å²) in [5.74, 6) is -3.06. The molecule has 1 aliphatic rings. The minimum Gasteiger partial charge on any atom is -0.459 e. The number of carbonyl (C=O) groups is 4. The summed E-state index contributed by atoms with van der Waals surface area (Å²) in [6.45, 7) is -0.426. The summed E-state index contributed by atoms with van der Waals surface area (Å²) in [5.41, 5.74) is 0.779. The summed E-state index contributed by atoms with van der Waals surface area (Å²) in [7, 11) is 0. The number of hydrogen-bond donors (Lipinski definition) is 0. The molecule has 0 aliphatic carbocycles. The highest BCUT2D eigenvalue weighted by Crippen LogP contribution is 2.35. The van der Waals surface area contributed by atoms with Gasteiger partial charge in [-0.15, -0.1) is 0 Å². The Hall–Kier alpha value is -2.88. The Morgan fingerprint density at radius 2 is 0.833 bits per heavy atom. The predicted octanol–water partition coefficient (Wildman–Crippen LogP) is 8.69. The fourth-order valence-electron chi connectivity index (χ4n) is 4.71. The van der Waals surface area contributed by atoms with Gasteiger partial charge in [0.1, 0.15) is 12.7 Å². The molecule has 48 heavy (non-hydrogen) atoms. The number of rotatable bonds is 9. The Bertz CT molecular complexity index is 1830. The Morgan fingerprint density at radius 1 is 0.500 bits per heavy atom. The van der Waals surface area contributed by atoms with Gasteiger partial charge in [-0.25, -0.2) is 19.2 Å². The molecule has 9 nitrogen and oxygen atoms in total. The Morgan fingerprint density at radius 3 is 1.23 bits per heavy atom. The Labute approximate surface area is 317 Å². The number of benzene rings is 4. The topological polar surface area (TPSA) is 114 Å². The summed E-state index contributed by atoms with van der Waals surface area (Å²) in [6, 6.07) is 26.4. The summed E-state index contributed by atoms with van der Waals surface area (Å²) in [5, 5.41) is -1.11. The fraction of sp³-hybridized carbons (Fsp3) is 0.176. The lowest BCUT2D eigenvalue weighted by molar-refractivity contribution is -0.205. The first kappa shape index (κ1) is 36.4. The van der Waals surface area contributed by atoms with Crippen molar-refractivity contribution in [3.05, 3.63) is 137 Å². The second-order valence-corrected chi connectivity index (χ2v) is 14.5. The van der Waals surface area contributed by atoms with Crippen LogP contribution < -0.4 is 0 Å². The van der Waals surface area contributed by atoms with Crippen molar-refractivity contribution in [2.45, 2.75) is 29.4 Å². The molecule has 1 fully saturated rings. The summed E-state index contributed by atoms with van der Waals surface area (Å²) in [4.78, 5) is 53.8. The van der Waals surface area contributed by atoms with Crippen molar-refractivity contribution in [1.29, 1.82) is 0 Å².